The molecule has 6 rings (SSSR count). The fourth-order valence-corrected chi connectivity index (χ4v) is 4.69. The van der Waals surface area contributed by atoms with E-state index in [0.29, 0.717) is 5.95 Å². The number of allylic oxidation sites excluding steroid dienone is 1. The molecule has 1 aromatic carbocycles. The first kappa shape index (κ1) is 23.6. The van der Waals surface area contributed by atoms with Crippen LogP contribution in [0.5, 0.6) is 0 Å². The van der Waals surface area contributed by atoms with Gasteiger partial charge >= 0.3 is 0 Å². The number of benzene rings is 1. The number of amides is 1. The van der Waals surface area contributed by atoms with E-state index in [2.05, 4.69) is 66.9 Å². The van der Waals surface area contributed by atoms with Crippen molar-refractivity contribution in [2.24, 2.45) is 0 Å². The Bertz CT molecular complexity index is 1670. The van der Waals surface area contributed by atoms with Crippen LogP contribution < -0.4 is 10.6 Å². The second-order valence-corrected chi connectivity index (χ2v) is 9.39. The SMILES string of the molecule is CCc1cc(-c2c[nH]c3ncc(-c4cnn(C(C)C(=O)Nc5ccc6c(c5)C=CC6)c4)cc23)nc(NC)n1. The third-order valence-electron chi connectivity index (χ3n) is 6.93. The van der Waals surface area contributed by atoms with Crippen LogP contribution in [0.3, 0.4) is 0 Å². The normalized spacial score (nSPS) is 13.0. The van der Waals surface area contributed by atoms with Crippen LogP contribution in [0.1, 0.15) is 36.7 Å². The van der Waals surface area contributed by atoms with Crippen LogP contribution in [0.4, 0.5) is 11.6 Å². The lowest BCUT2D eigenvalue weighted by molar-refractivity contribution is -0.119. The maximum Gasteiger partial charge on any atom is 0.248 e. The number of hydrogen-bond acceptors (Lipinski definition) is 6. The average Bonchev–Trinajstić information content (AvgIpc) is 3.71. The summed E-state index contributed by atoms with van der Waals surface area (Å²) < 4.78 is 1.68. The summed E-state index contributed by atoms with van der Waals surface area (Å²) in [6.07, 6.45) is 13.3. The number of H-pyrrole nitrogens is 1. The van der Waals surface area contributed by atoms with Crippen molar-refractivity contribution in [3.63, 3.8) is 0 Å². The van der Waals surface area contributed by atoms with Gasteiger partial charge in [0.05, 0.1) is 11.9 Å². The lowest BCUT2D eigenvalue weighted by atomic mass is 10.1. The molecule has 1 atom stereocenters. The summed E-state index contributed by atoms with van der Waals surface area (Å²) in [4.78, 5) is 30.0. The number of aromatic amines is 1. The van der Waals surface area contributed by atoms with Crippen molar-refractivity contribution < 1.29 is 4.79 Å². The molecule has 0 bridgehead atoms. The molecule has 1 amide bonds. The molecular weight excluding hydrogens is 476 g/mol. The Kier molecular flexibility index (Phi) is 5.95. The smallest absolute Gasteiger partial charge is 0.248 e. The van der Waals surface area contributed by atoms with Crippen molar-refractivity contribution in [2.45, 2.75) is 32.7 Å². The highest BCUT2D eigenvalue weighted by molar-refractivity contribution is 5.95. The molecule has 1 aliphatic carbocycles. The molecule has 0 fully saturated rings. The van der Waals surface area contributed by atoms with E-state index in [1.165, 1.54) is 5.56 Å². The summed E-state index contributed by atoms with van der Waals surface area (Å²) >= 11 is 0. The third-order valence-corrected chi connectivity index (χ3v) is 6.93. The minimum atomic E-state index is -0.486. The van der Waals surface area contributed by atoms with E-state index in [0.717, 1.165) is 63.2 Å². The van der Waals surface area contributed by atoms with E-state index in [9.17, 15) is 4.79 Å². The zero-order chi connectivity index (χ0) is 26.2. The van der Waals surface area contributed by atoms with E-state index in [1.807, 2.05) is 50.8 Å². The van der Waals surface area contributed by atoms with Crippen LogP contribution in [0.15, 0.2) is 61.2 Å². The molecule has 4 heterocycles. The fourth-order valence-electron chi connectivity index (χ4n) is 4.69. The van der Waals surface area contributed by atoms with Crippen LogP contribution in [0, 0.1) is 0 Å². The van der Waals surface area contributed by atoms with Gasteiger partial charge in [0.1, 0.15) is 11.7 Å². The first-order valence-corrected chi connectivity index (χ1v) is 12.7. The van der Waals surface area contributed by atoms with E-state index < -0.39 is 6.04 Å². The van der Waals surface area contributed by atoms with Gasteiger partial charge in [0.2, 0.25) is 11.9 Å². The number of carbonyl (C=O) groups is 1. The quantitative estimate of drug-likeness (QED) is 0.279. The number of hydrogen-bond donors (Lipinski definition) is 3. The highest BCUT2D eigenvalue weighted by Crippen LogP contribution is 2.31. The molecule has 0 spiro atoms. The van der Waals surface area contributed by atoms with Gasteiger partial charge in [-0.1, -0.05) is 25.1 Å². The number of nitrogens with one attached hydrogen (secondary N) is 3. The van der Waals surface area contributed by atoms with Crippen molar-refractivity contribution in [3.8, 4) is 22.4 Å². The Labute approximate surface area is 220 Å². The fraction of sp³-hybridized carbons (Fsp3) is 0.207. The number of aryl methyl sites for hydroxylation is 1. The summed E-state index contributed by atoms with van der Waals surface area (Å²) in [5.74, 6) is 0.460. The summed E-state index contributed by atoms with van der Waals surface area (Å²) in [5.41, 5.74) is 8.51. The van der Waals surface area contributed by atoms with Gasteiger partial charge in [0.15, 0.2) is 0 Å². The van der Waals surface area contributed by atoms with Crippen LogP contribution >= 0.6 is 0 Å². The number of anilines is 2. The average molecular weight is 505 g/mol. The molecule has 0 saturated heterocycles. The summed E-state index contributed by atoms with van der Waals surface area (Å²) in [6, 6.07) is 9.61. The Morgan fingerprint density at radius 1 is 1.16 bits per heavy atom. The number of pyridine rings is 1. The summed E-state index contributed by atoms with van der Waals surface area (Å²) in [7, 11) is 1.81. The van der Waals surface area contributed by atoms with Crippen LogP contribution in [0.25, 0.3) is 39.5 Å². The number of rotatable bonds is 7. The first-order valence-electron chi connectivity index (χ1n) is 12.7. The minimum Gasteiger partial charge on any atom is -0.357 e. The number of nitrogens with zero attached hydrogens (tertiary/aromatic N) is 5. The Hall–Kier alpha value is -4.79. The van der Waals surface area contributed by atoms with Gasteiger partial charge in [-0.3, -0.25) is 9.48 Å². The Morgan fingerprint density at radius 3 is 2.89 bits per heavy atom. The molecule has 4 aromatic heterocycles. The van der Waals surface area contributed by atoms with Crippen molar-refractivity contribution in [1.82, 2.24) is 29.7 Å². The number of aromatic nitrogens is 6. The number of carbonyl (C=O) groups excluding carboxylic acids is 1. The predicted molar refractivity (Wildman–Crippen MR) is 150 cm³/mol. The van der Waals surface area contributed by atoms with Gasteiger partial charge in [-0.2, -0.15) is 5.10 Å². The summed E-state index contributed by atoms with van der Waals surface area (Å²) in [5, 5.41) is 11.5. The van der Waals surface area contributed by atoms with E-state index in [1.54, 1.807) is 10.9 Å². The van der Waals surface area contributed by atoms with Gasteiger partial charge in [-0.15, -0.1) is 0 Å². The monoisotopic (exact) mass is 504 g/mol. The predicted octanol–water partition coefficient (Wildman–Crippen LogP) is 5.26. The van der Waals surface area contributed by atoms with Gasteiger partial charge in [0.25, 0.3) is 0 Å². The first-order chi connectivity index (χ1) is 18.5. The molecule has 0 radical (unpaired) electrons. The number of fused-ring (bicyclic) bond motifs is 2. The van der Waals surface area contributed by atoms with Crippen molar-refractivity contribution in [1.29, 1.82) is 0 Å². The topological polar surface area (TPSA) is 113 Å². The van der Waals surface area contributed by atoms with E-state index >= 15 is 0 Å². The highest BCUT2D eigenvalue weighted by atomic mass is 16.2. The van der Waals surface area contributed by atoms with Crippen LogP contribution in [-0.2, 0) is 17.6 Å². The molecule has 0 saturated carbocycles. The molecular formula is C29H28N8O. The van der Waals surface area contributed by atoms with Gasteiger partial charge in [0, 0.05) is 59.1 Å². The third kappa shape index (κ3) is 4.32. The molecule has 3 N–H and O–H groups in total. The Morgan fingerprint density at radius 2 is 2.05 bits per heavy atom. The maximum atomic E-state index is 13.0. The molecule has 0 aliphatic heterocycles. The van der Waals surface area contributed by atoms with Crippen LogP contribution in [-0.4, -0.2) is 42.7 Å². The van der Waals surface area contributed by atoms with E-state index in [4.69, 9.17) is 0 Å². The lowest BCUT2D eigenvalue weighted by Crippen LogP contribution is -2.24. The molecule has 38 heavy (non-hydrogen) atoms. The second kappa shape index (κ2) is 9.59. The van der Waals surface area contributed by atoms with Gasteiger partial charge in [-0.25, -0.2) is 15.0 Å². The van der Waals surface area contributed by atoms with Crippen molar-refractivity contribution in [2.75, 3.05) is 17.7 Å². The zero-order valence-electron chi connectivity index (χ0n) is 21.5. The van der Waals surface area contributed by atoms with Gasteiger partial charge in [-0.05, 0) is 55.2 Å². The molecule has 1 aliphatic rings. The van der Waals surface area contributed by atoms with E-state index in [-0.39, 0.29) is 5.91 Å². The van der Waals surface area contributed by atoms with Crippen LogP contribution in [0.2, 0.25) is 0 Å². The largest absolute Gasteiger partial charge is 0.357 e. The molecule has 1 unspecified atom stereocenters. The maximum absolute atomic E-state index is 13.0. The standard InChI is InChI=1S/C29H28N8O/c1-4-22-12-26(36-29(30-3)35-22)25-15-32-27-24(25)11-20(13-31-27)21-14-33-37(16-21)17(2)28(38)34-23-9-8-18-6-5-7-19(18)10-23/h5,7-17H,4,6H2,1-3H3,(H,31,32)(H,34,38)(H,30,35,36). The minimum absolute atomic E-state index is 0.126. The highest BCUT2D eigenvalue weighted by Gasteiger charge is 2.18. The van der Waals surface area contributed by atoms with Crippen molar-refractivity contribution >= 4 is 34.7 Å². The summed E-state index contributed by atoms with van der Waals surface area (Å²) in [6.45, 7) is 3.91. The molecule has 190 valence electrons. The van der Waals surface area contributed by atoms with Gasteiger partial charge < -0.3 is 15.6 Å². The van der Waals surface area contributed by atoms with Crippen molar-refractivity contribution in [3.05, 3.63) is 78.0 Å². The molecule has 5 aromatic rings. The lowest BCUT2D eigenvalue weighted by Gasteiger charge is -2.13. The molecule has 9 heteroatoms. The molecule has 9 nitrogen and oxygen atoms in total. The second-order valence-electron chi connectivity index (χ2n) is 9.39. The zero-order valence-corrected chi connectivity index (χ0v) is 21.5. The Balaban J connectivity index is 1.26.